The lowest BCUT2D eigenvalue weighted by atomic mass is 10.2. The third-order valence-electron chi connectivity index (χ3n) is 2.29. The average Bonchev–Trinajstić information content (AvgIpc) is 2.32. The van der Waals surface area contributed by atoms with E-state index in [9.17, 15) is 0 Å². The van der Waals surface area contributed by atoms with Crippen LogP contribution >= 0.6 is 0 Å². The number of anilines is 2. The number of hydrogen-bond acceptors (Lipinski definition) is 4. The number of aryl methyl sites for hydroxylation is 1. The zero-order valence-corrected chi connectivity index (χ0v) is 9.14. The molecule has 2 aromatic rings. The maximum atomic E-state index is 5.53. The molecular weight excluding hydrogens is 200 g/mol. The molecule has 1 heterocycles. The second-order valence-electron chi connectivity index (χ2n) is 3.60. The van der Waals surface area contributed by atoms with Crippen LogP contribution in [0.3, 0.4) is 0 Å². The van der Waals surface area contributed by atoms with E-state index in [0.29, 0.717) is 5.95 Å². The van der Waals surface area contributed by atoms with Crippen LogP contribution in [0.4, 0.5) is 11.8 Å². The molecule has 0 unspecified atom stereocenters. The van der Waals surface area contributed by atoms with E-state index in [2.05, 4.69) is 27.4 Å². The van der Waals surface area contributed by atoms with Crippen molar-refractivity contribution >= 4 is 11.8 Å². The van der Waals surface area contributed by atoms with E-state index in [1.807, 2.05) is 25.1 Å². The standard InChI is InChI=1S/C12H14N4/c1-9-7-15-12(13)16-11(9)14-8-10-5-3-2-4-6-10/h2-7H,8H2,1H3,(H3,13,14,15,16). The van der Waals surface area contributed by atoms with Gasteiger partial charge < -0.3 is 11.1 Å². The van der Waals surface area contributed by atoms with Crippen LogP contribution in [0.25, 0.3) is 0 Å². The van der Waals surface area contributed by atoms with E-state index in [-0.39, 0.29) is 0 Å². The molecule has 0 amide bonds. The number of rotatable bonds is 3. The molecular formula is C12H14N4. The van der Waals surface area contributed by atoms with Crippen molar-refractivity contribution in [3.05, 3.63) is 47.7 Å². The maximum absolute atomic E-state index is 5.53. The van der Waals surface area contributed by atoms with E-state index in [1.165, 1.54) is 5.56 Å². The van der Waals surface area contributed by atoms with Crippen molar-refractivity contribution in [3.8, 4) is 0 Å². The van der Waals surface area contributed by atoms with E-state index < -0.39 is 0 Å². The minimum absolute atomic E-state index is 0.293. The summed E-state index contributed by atoms with van der Waals surface area (Å²) in [6.07, 6.45) is 1.72. The molecule has 1 aromatic carbocycles. The van der Waals surface area contributed by atoms with Crippen LogP contribution in [-0.2, 0) is 6.54 Å². The highest BCUT2D eigenvalue weighted by molar-refractivity contribution is 5.45. The second kappa shape index (κ2) is 4.61. The van der Waals surface area contributed by atoms with Gasteiger partial charge in [-0.05, 0) is 12.5 Å². The first kappa shape index (κ1) is 10.4. The van der Waals surface area contributed by atoms with Crippen molar-refractivity contribution in [3.63, 3.8) is 0 Å². The molecule has 16 heavy (non-hydrogen) atoms. The second-order valence-corrected chi connectivity index (χ2v) is 3.60. The summed E-state index contributed by atoms with van der Waals surface area (Å²) in [7, 11) is 0. The Morgan fingerprint density at radius 3 is 2.75 bits per heavy atom. The smallest absolute Gasteiger partial charge is 0.221 e. The summed E-state index contributed by atoms with van der Waals surface area (Å²) in [5.41, 5.74) is 7.73. The number of nitrogens with zero attached hydrogens (tertiary/aromatic N) is 2. The number of nitrogens with one attached hydrogen (secondary N) is 1. The summed E-state index contributed by atoms with van der Waals surface area (Å²) >= 11 is 0. The largest absolute Gasteiger partial charge is 0.368 e. The van der Waals surface area contributed by atoms with Gasteiger partial charge in [-0.15, -0.1) is 0 Å². The van der Waals surface area contributed by atoms with Gasteiger partial charge in [-0.3, -0.25) is 0 Å². The van der Waals surface area contributed by atoms with Crippen LogP contribution in [0.15, 0.2) is 36.5 Å². The molecule has 0 aliphatic rings. The van der Waals surface area contributed by atoms with Gasteiger partial charge in [0.05, 0.1) is 0 Å². The lowest BCUT2D eigenvalue weighted by molar-refractivity contribution is 1.07. The summed E-state index contributed by atoms with van der Waals surface area (Å²) in [5.74, 6) is 1.08. The van der Waals surface area contributed by atoms with Gasteiger partial charge >= 0.3 is 0 Å². The Hall–Kier alpha value is -2.10. The minimum atomic E-state index is 0.293. The predicted molar refractivity (Wildman–Crippen MR) is 65.0 cm³/mol. The van der Waals surface area contributed by atoms with Gasteiger partial charge in [0.25, 0.3) is 0 Å². The first-order chi connectivity index (χ1) is 7.75. The fraction of sp³-hybridized carbons (Fsp3) is 0.167. The van der Waals surface area contributed by atoms with Crippen LogP contribution in [0.5, 0.6) is 0 Å². The summed E-state index contributed by atoms with van der Waals surface area (Å²) < 4.78 is 0. The monoisotopic (exact) mass is 214 g/mol. The maximum Gasteiger partial charge on any atom is 0.221 e. The SMILES string of the molecule is Cc1cnc(N)nc1NCc1ccccc1. The number of benzene rings is 1. The molecule has 0 aliphatic carbocycles. The fourth-order valence-electron chi connectivity index (χ4n) is 1.42. The van der Waals surface area contributed by atoms with Crippen LogP contribution in [0.2, 0.25) is 0 Å². The Balaban J connectivity index is 2.08. The predicted octanol–water partition coefficient (Wildman–Crippen LogP) is 1.98. The van der Waals surface area contributed by atoms with Crippen LogP contribution in [0, 0.1) is 6.92 Å². The Labute approximate surface area is 94.5 Å². The third kappa shape index (κ3) is 2.48. The molecule has 3 N–H and O–H groups in total. The number of nitrogens with two attached hydrogens (primary N) is 1. The van der Waals surface area contributed by atoms with E-state index in [0.717, 1.165) is 17.9 Å². The first-order valence-electron chi connectivity index (χ1n) is 5.12. The average molecular weight is 214 g/mol. The molecule has 1 aromatic heterocycles. The highest BCUT2D eigenvalue weighted by atomic mass is 15.1. The lowest BCUT2D eigenvalue weighted by Crippen LogP contribution is -2.05. The van der Waals surface area contributed by atoms with Crippen molar-refractivity contribution < 1.29 is 0 Å². The van der Waals surface area contributed by atoms with Crippen molar-refractivity contribution in [1.82, 2.24) is 9.97 Å². The summed E-state index contributed by atoms with van der Waals surface area (Å²) in [5, 5.41) is 3.24. The molecule has 0 fully saturated rings. The molecule has 82 valence electrons. The van der Waals surface area contributed by atoms with E-state index in [1.54, 1.807) is 6.20 Å². The van der Waals surface area contributed by atoms with Crippen LogP contribution in [0.1, 0.15) is 11.1 Å². The van der Waals surface area contributed by atoms with Gasteiger partial charge in [0.2, 0.25) is 5.95 Å². The highest BCUT2D eigenvalue weighted by Crippen LogP contribution is 2.12. The Kier molecular flexibility index (Phi) is 3.00. The summed E-state index contributed by atoms with van der Waals surface area (Å²) in [6.45, 7) is 2.69. The topological polar surface area (TPSA) is 63.8 Å². The molecule has 2 rings (SSSR count). The van der Waals surface area contributed by atoms with Gasteiger partial charge in [0.15, 0.2) is 0 Å². The van der Waals surface area contributed by atoms with Gasteiger partial charge in [-0.1, -0.05) is 30.3 Å². The van der Waals surface area contributed by atoms with Crippen molar-refractivity contribution in [2.45, 2.75) is 13.5 Å². The quantitative estimate of drug-likeness (QED) is 0.820. The van der Waals surface area contributed by atoms with E-state index >= 15 is 0 Å². The zero-order valence-electron chi connectivity index (χ0n) is 9.14. The molecule has 0 saturated carbocycles. The molecule has 0 radical (unpaired) electrons. The molecule has 0 saturated heterocycles. The molecule has 0 aliphatic heterocycles. The van der Waals surface area contributed by atoms with Crippen LogP contribution < -0.4 is 11.1 Å². The van der Waals surface area contributed by atoms with E-state index in [4.69, 9.17) is 5.73 Å². The summed E-state index contributed by atoms with van der Waals surface area (Å²) in [6, 6.07) is 10.1. The highest BCUT2D eigenvalue weighted by Gasteiger charge is 2.00. The Morgan fingerprint density at radius 2 is 2.00 bits per heavy atom. The number of aromatic nitrogens is 2. The zero-order chi connectivity index (χ0) is 11.4. The van der Waals surface area contributed by atoms with Crippen LogP contribution in [-0.4, -0.2) is 9.97 Å². The third-order valence-corrected chi connectivity index (χ3v) is 2.29. The number of hydrogen-bond donors (Lipinski definition) is 2. The first-order valence-corrected chi connectivity index (χ1v) is 5.12. The Morgan fingerprint density at radius 1 is 1.25 bits per heavy atom. The van der Waals surface area contributed by atoms with Crippen molar-refractivity contribution in [1.29, 1.82) is 0 Å². The van der Waals surface area contributed by atoms with Gasteiger partial charge in [0.1, 0.15) is 5.82 Å². The molecule has 4 nitrogen and oxygen atoms in total. The minimum Gasteiger partial charge on any atom is -0.368 e. The van der Waals surface area contributed by atoms with Gasteiger partial charge in [0, 0.05) is 18.3 Å². The molecule has 0 bridgehead atoms. The number of nitrogen functional groups attached to an aromatic ring is 1. The molecule has 0 atom stereocenters. The lowest BCUT2D eigenvalue weighted by Gasteiger charge is -2.08. The summed E-state index contributed by atoms with van der Waals surface area (Å²) in [4.78, 5) is 8.06. The fourth-order valence-corrected chi connectivity index (χ4v) is 1.42. The van der Waals surface area contributed by atoms with Gasteiger partial charge in [-0.2, -0.15) is 4.98 Å². The van der Waals surface area contributed by atoms with Crippen molar-refractivity contribution in [2.75, 3.05) is 11.1 Å². The van der Waals surface area contributed by atoms with Crippen molar-refractivity contribution in [2.24, 2.45) is 0 Å². The molecule has 0 spiro atoms. The van der Waals surface area contributed by atoms with Gasteiger partial charge in [-0.25, -0.2) is 4.98 Å². The normalized spacial score (nSPS) is 10.1. The Bertz CT molecular complexity index is 468. The molecule has 4 heteroatoms.